The van der Waals surface area contributed by atoms with E-state index in [-0.39, 0.29) is 31.1 Å². The minimum Gasteiger partial charge on any atom is -0.462 e. The summed E-state index contributed by atoms with van der Waals surface area (Å²) in [5.74, 6) is -0.868. The Hall–Kier alpha value is -2.37. The topological polar surface area (TPSA) is 78.9 Å². The number of carbonyl (C=O) groups is 3. The van der Waals surface area contributed by atoms with Gasteiger partial charge < -0.3 is 14.2 Å². The molecule has 0 rings (SSSR count). The minimum atomic E-state index is -0.779. The summed E-state index contributed by atoms with van der Waals surface area (Å²) in [6.07, 6.45) is 83.2. The molecule has 0 aliphatic carbocycles. The number of carbonyl (C=O) groups excluding carboxylic acids is 3. The predicted molar refractivity (Wildman–Crippen MR) is 339 cm³/mol. The van der Waals surface area contributed by atoms with Gasteiger partial charge in [-0.1, -0.05) is 333 Å². The van der Waals surface area contributed by atoms with Crippen LogP contribution in [0.15, 0.2) is 36.5 Å². The van der Waals surface area contributed by atoms with Gasteiger partial charge in [0.05, 0.1) is 0 Å². The highest BCUT2D eigenvalue weighted by atomic mass is 16.6. The third-order valence-corrected chi connectivity index (χ3v) is 15.9. The highest BCUT2D eigenvalue weighted by Crippen LogP contribution is 2.18. The van der Waals surface area contributed by atoms with E-state index in [9.17, 15) is 14.4 Å². The third-order valence-electron chi connectivity index (χ3n) is 15.9. The molecule has 1 unspecified atom stereocenters. The Kier molecular flexibility index (Phi) is 65.1. The summed E-state index contributed by atoms with van der Waals surface area (Å²) in [4.78, 5) is 38.4. The Balaban J connectivity index is 4.18. The van der Waals surface area contributed by atoms with Gasteiger partial charge in [0, 0.05) is 19.3 Å². The molecule has 0 aliphatic heterocycles. The summed E-state index contributed by atoms with van der Waals surface area (Å²) < 4.78 is 17.0. The first-order chi connectivity index (χ1) is 38.5. The van der Waals surface area contributed by atoms with Crippen molar-refractivity contribution in [1.29, 1.82) is 0 Å². The van der Waals surface area contributed by atoms with E-state index in [1.165, 1.54) is 270 Å². The van der Waals surface area contributed by atoms with Gasteiger partial charge in [0.1, 0.15) is 13.2 Å². The van der Waals surface area contributed by atoms with Crippen LogP contribution in [-0.2, 0) is 28.6 Å². The number of hydrogen-bond acceptors (Lipinski definition) is 6. The summed E-state index contributed by atoms with van der Waals surface area (Å²) in [5, 5.41) is 0. The van der Waals surface area contributed by atoms with Crippen LogP contribution in [0.3, 0.4) is 0 Å². The molecule has 0 spiro atoms. The van der Waals surface area contributed by atoms with E-state index in [1.54, 1.807) is 0 Å². The van der Waals surface area contributed by atoms with Crippen LogP contribution < -0.4 is 0 Å². The maximum atomic E-state index is 12.9. The van der Waals surface area contributed by atoms with E-state index in [0.717, 1.165) is 77.0 Å². The average molecular weight is 1100 g/mol. The highest BCUT2D eigenvalue weighted by molar-refractivity contribution is 5.71. The zero-order valence-corrected chi connectivity index (χ0v) is 52.7. The largest absolute Gasteiger partial charge is 0.462 e. The summed E-state index contributed by atoms with van der Waals surface area (Å²) in [6, 6.07) is 0. The van der Waals surface area contributed by atoms with Crippen molar-refractivity contribution in [2.24, 2.45) is 0 Å². The predicted octanol–water partition coefficient (Wildman–Crippen LogP) is 23.9. The van der Waals surface area contributed by atoms with E-state index < -0.39 is 6.10 Å². The fraction of sp³-hybridized carbons (Fsp3) is 0.875. The molecule has 0 saturated heterocycles. The first-order valence-electron chi connectivity index (χ1n) is 35.0. The number of rotatable bonds is 65. The highest BCUT2D eigenvalue weighted by Gasteiger charge is 2.19. The van der Waals surface area contributed by atoms with Gasteiger partial charge in [-0.15, -0.1) is 0 Å². The Morgan fingerprint density at radius 3 is 0.756 bits per heavy atom. The molecule has 0 radical (unpaired) electrons. The van der Waals surface area contributed by atoms with E-state index in [0.29, 0.717) is 19.3 Å². The van der Waals surface area contributed by atoms with Gasteiger partial charge in [-0.2, -0.15) is 0 Å². The zero-order valence-electron chi connectivity index (χ0n) is 52.7. The molecule has 0 aliphatic rings. The van der Waals surface area contributed by atoms with Crippen LogP contribution >= 0.6 is 0 Å². The molecular weight excluding hydrogens is 961 g/mol. The second-order valence-electron chi connectivity index (χ2n) is 23.8. The molecular formula is C72H134O6. The van der Waals surface area contributed by atoms with Gasteiger partial charge >= 0.3 is 17.9 Å². The Labute approximate surface area is 486 Å². The molecule has 0 heterocycles. The van der Waals surface area contributed by atoms with Gasteiger partial charge in [0.2, 0.25) is 0 Å². The van der Waals surface area contributed by atoms with Gasteiger partial charge in [-0.05, 0) is 70.6 Å². The lowest BCUT2D eigenvalue weighted by Crippen LogP contribution is -2.30. The minimum absolute atomic E-state index is 0.0742. The average Bonchev–Trinajstić information content (AvgIpc) is 3.44. The SMILES string of the molecule is CCCC/C=C\C/C=C\CCCCCCCC(=O)OCC(COC(=O)CCCCCCCCCCCCCCCCCCCCCCCCCCCCCCC)OC(=O)CCCCCCCCC/C=C\CCCCCCCC. The van der Waals surface area contributed by atoms with Crippen LogP contribution in [-0.4, -0.2) is 37.2 Å². The Bertz CT molecular complexity index is 1300. The van der Waals surface area contributed by atoms with Crippen molar-refractivity contribution < 1.29 is 28.6 Å². The molecule has 0 amide bonds. The first kappa shape index (κ1) is 75.6. The van der Waals surface area contributed by atoms with E-state index in [1.807, 2.05) is 0 Å². The zero-order chi connectivity index (χ0) is 56.4. The number of esters is 3. The van der Waals surface area contributed by atoms with Crippen LogP contribution in [0.1, 0.15) is 387 Å². The molecule has 78 heavy (non-hydrogen) atoms. The van der Waals surface area contributed by atoms with Gasteiger partial charge in [0.25, 0.3) is 0 Å². The van der Waals surface area contributed by atoms with Gasteiger partial charge in [0.15, 0.2) is 6.10 Å². The van der Waals surface area contributed by atoms with Crippen LogP contribution in [0, 0.1) is 0 Å². The molecule has 6 heteroatoms. The standard InChI is InChI=1S/C72H134O6/c1-4-7-10-13-16-19-22-25-28-30-31-32-33-34-35-36-37-38-39-40-41-43-44-47-50-53-56-59-62-65-71(74)77-68-69(67-76-70(73)64-61-58-55-52-49-46-27-24-21-18-15-12-9-6-3)78-72(75)66-63-60-57-54-51-48-45-42-29-26-23-20-17-14-11-8-5-2/h15,18,24,26-27,29,69H,4-14,16-17,19-23,25,28,30-68H2,1-3H3/b18-15-,27-24-,29-26-. The lowest BCUT2D eigenvalue weighted by atomic mass is 10.0. The Morgan fingerprint density at radius 2 is 0.474 bits per heavy atom. The summed E-state index contributed by atoms with van der Waals surface area (Å²) in [5.41, 5.74) is 0. The molecule has 0 saturated carbocycles. The normalized spacial score (nSPS) is 12.2. The van der Waals surface area contributed by atoms with Crippen molar-refractivity contribution in [3.05, 3.63) is 36.5 Å². The number of unbranched alkanes of at least 4 members (excludes halogenated alkanes) is 48. The lowest BCUT2D eigenvalue weighted by Gasteiger charge is -2.18. The van der Waals surface area contributed by atoms with Crippen molar-refractivity contribution in [3.63, 3.8) is 0 Å². The molecule has 0 bridgehead atoms. The number of allylic oxidation sites excluding steroid dienone is 6. The van der Waals surface area contributed by atoms with Crippen molar-refractivity contribution in [1.82, 2.24) is 0 Å². The van der Waals surface area contributed by atoms with Crippen molar-refractivity contribution in [2.45, 2.75) is 393 Å². The molecule has 1 atom stereocenters. The number of hydrogen-bond donors (Lipinski definition) is 0. The first-order valence-corrected chi connectivity index (χ1v) is 35.0. The van der Waals surface area contributed by atoms with Crippen molar-refractivity contribution in [3.8, 4) is 0 Å². The quantitative estimate of drug-likeness (QED) is 0.0261. The monoisotopic (exact) mass is 1100 g/mol. The summed E-state index contributed by atoms with van der Waals surface area (Å²) in [6.45, 7) is 6.65. The van der Waals surface area contributed by atoms with Gasteiger partial charge in [-0.3, -0.25) is 14.4 Å². The maximum absolute atomic E-state index is 12.9. The van der Waals surface area contributed by atoms with Crippen LogP contribution in [0.4, 0.5) is 0 Å². The molecule has 0 aromatic rings. The number of ether oxygens (including phenoxy) is 3. The van der Waals surface area contributed by atoms with Crippen LogP contribution in [0.5, 0.6) is 0 Å². The second-order valence-corrected chi connectivity index (χ2v) is 23.8. The second kappa shape index (κ2) is 67.1. The molecule has 0 aromatic carbocycles. The van der Waals surface area contributed by atoms with E-state index >= 15 is 0 Å². The fourth-order valence-electron chi connectivity index (χ4n) is 10.6. The molecule has 0 aromatic heterocycles. The lowest BCUT2D eigenvalue weighted by molar-refractivity contribution is -0.167. The smallest absolute Gasteiger partial charge is 0.306 e. The van der Waals surface area contributed by atoms with Crippen molar-refractivity contribution >= 4 is 17.9 Å². The van der Waals surface area contributed by atoms with Crippen LogP contribution in [0.25, 0.3) is 0 Å². The molecule has 458 valence electrons. The summed E-state index contributed by atoms with van der Waals surface area (Å²) >= 11 is 0. The van der Waals surface area contributed by atoms with E-state index in [4.69, 9.17) is 14.2 Å². The fourth-order valence-corrected chi connectivity index (χ4v) is 10.6. The van der Waals surface area contributed by atoms with Crippen molar-refractivity contribution in [2.75, 3.05) is 13.2 Å². The molecule has 0 fully saturated rings. The molecule has 0 N–H and O–H groups in total. The Morgan fingerprint density at radius 1 is 0.256 bits per heavy atom. The van der Waals surface area contributed by atoms with E-state index in [2.05, 4.69) is 57.2 Å². The van der Waals surface area contributed by atoms with Crippen LogP contribution in [0.2, 0.25) is 0 Å². The maximum Gasteiger partial charge on any atom is 0.306 e. The summed E-state index contributed by atoms with van der Waals surface area (Å²) in [7, 11) is 0. The van der Waals surface area contributed by atoms with Gasteiger partial charge in [-0.25, -0.2) is 0 Å². The molecule has 6 nitrogen and oxygen atoms in total. The third kappa shape index (κ3) is 64.5.